The van der Waals surface area contributed by atoms with Gasteiger partial charge in [-0.25, -0.2) is 0 Å². The monoisotopic (exact) mass is 339 g/mol. The molecule has 1 aromatic heterocycles. The van der Waals surface area contributed by atoms with E-state index >= 15 is 0 Å². The maximum absolute atomic E-state index is 4.37. The van der Waals surface area contributed by atoms with Crippen LogP contribution in [0.2, 0.25) is 0 Å². The summed E-state index contributed by atoms with van der Waals surface area (Å²) in [5.74, 6) is 0.839. The average molecular weight is 339 g/mol. The predicted molar refractivity (Wildman–Crippen MR) is 100 cm³/mol. The number of benzene rings is 3. The summed E-state index contributed by atoms with van der Waals surface area (Å²) < 4.78 is 1.86. The molecule has 26 heavy (non-hydrogen) atoms. The molecule has 5 nitrogen and oxygen atoms in total. The van der Waals surface area contributed by atoms with E-state index in [-0.39, 0.29) is 6.04 Å². The summed E-state index contributed by atoms with van der Waals surface area (Å²) in [5.41, 5.74) is 4.57. The van der Waals surface area contributed by atoms with Gasteiger partial charge in [0.25, 0.3) is 0 Å². The van der Waals surface area contributed by atoms with E-state index in [1.807, 2.05) is 22.9 Å². The van der Waals surface area contributed by atoms with Gasteiger partial charge in [0.05, 0.1) is 11.4 Å². The topological polar surface area (TPSA) is 46.8 Å². The van der Waals surface area contributed by atoms with Crippen LogP contribution in [-0.4, -0.2) is 20.2 Å². The molecule has 0 spiro atoms. The Kier molecular flexibility index (Phi) is 3.49. The Morgan fingerprint density at radius 1 is 0.731 bits per heavy atom. The zero-order valence-corrected chi connectivity index (χ0v) is 14.1. The third-order valence-corrected chi connectivity index (χ3v) is 4.78. The Morgan fingerprint density at radius 3 is 2.15 bits per heavy atom. The quantitative estimate of drug-likeness (QED) is 0.570. The Hall–Kier alpha value is -3.47. The van der Waals surface area contributed by atoms with E-state index in [1.54, 1.807) is 0 Å². The molecule has 0 aliphatic carbocycles. The molecule has 126 valence electrons. The van der Waals surface area contributed by atoms with Gasteiger partial charge in [-0.3, -0.25) is 0 Å². The number of anilines is 1. The summed E-state index contributed by atoms with van der Waals surface area (Å²) in [6.07, 6.45) is 0. The second-order valence-electron chi connectivity index (χ2n) is 6.36. The van der Waals surface area contributed by atoms with Crippen LogP contribution in [0.4, 0.5) is 5.69 Å². The van der Waals surface area contributed by atoms with Crippen molar-refractivity contribution in [2.24, 2.45) is 0 Å². The van der Waals surface area contributed by atoms with Gasteiger partial charge in [-0.1, -0.05) is 72.8 Å². The summed E-state index contributed by atoms with van der Waals surface area (Å²) in [7, 11) is 0. The molecule has 5 heteroatoms. The second kappa shape index (κ2) is 6.11. The first kappa shape index (κ1) is 14.8. The van der Waals surface area contributed by atoms with Crippen molar-refractivity contribution in [3.63, 3.8) is 0 Å². The van der Waals surface area contributed by atoms with Gasteiger partial charge in [-0.15, -0.1) is 5.10 Å². The van der Waals surface area contributed by atoms with Crippen LogP contribution in [-0.2, 0) is 6.54 Å². The second-order valence-corrected chi connectivity index (χ2v) is 6.36. The van der Waals surface area contributed by atoms with Gasteiger partial charge in [0.2, 0.25) is 0 Å². The van der Waals surface area contributed by atoms with E-state index < -0.39 is 0 Å². The molecule has 0 fully saturated rings. The molecule has 1 atom stereocenters. The Bertz CT molecular complexity index is 1030. The molecule has 1 aliphatic heterocycles. The molecule has 0 saturated carbocycles. The zero-order valence-electron chi connectivity index (χ0n) is 14.1. The van der Waals surface area contributed by atoms with Crippen molar-refractivity contribution in [1.29, 1.82) is 0 Å². The van der Waals surface area contributed by atoms with Gasteiger partial charge in [0, 0.05) is 6.54 Å². The van der Waals surface area contributed by atoms with Gasteiger partial charge < -0.3 is 4.90 Å². The molecule has 1 unspecified atom stereocenters. The van der Waals surface area contributed by atoms with Crippen LogP contribution < -0.4 is 4.90 Å². The van der Waals surface area contributed by atoms with Gasteiger partial charge in [0.15, 0.2) is 5.82 Å². The molecule has 5 rings (SSSR count). The SMILES string of the molecule is c1ccc(CN2c3ccccc3-n3nnnc3C2c2ccccc2)cc1. The van der Waals surface area contributed by atoms with Crippen molar-refractivity contribution >= 4 is 5.69 Å². The average Bonchev–Trinajstić information content (AvgIpc) is 3.19. The molecule has 0 radical (unpaired) electrons. The summed E-state index contributed by atoms with van der Waals surface area (Å²) in [5, 5.41) is 12.6. The Labute approximate surface area is 151 Å². The zero-order chi connectivity index (χ0) is 17.3. The number of aromatic nitrogens is 4. The largest absolute Gasteiger partial charge is 0.351 e. The first-order chi connectivity index (χ1) is 12.9. The first-order valence-corrected chi connectivity index (χ1v) is 8.65. The normalized spacial score (nSPS) is 15.4. The smallest absolute Gasteiger partial charge is 0.183 e. The molecule has 0 N–H and O–H groups in total. The van der Waals surface area contributed by atoms with E-state index in [1.165, 1.54) is 11.1 Å². The Balaban J connectivity index is 1.70. The van der Waals surface area contributed by atoms with E-state index in [4.69, 9.17) is 0 Å². The van der Waals surface area contributed by atoms with Crippen LogP contribution in [0.1, 0.15) is 23.0 Å². The lowest BCUT2D eigenvalue weighted by atomic mass is 9.99. The van der Waals surface area contributed by atoms with Crippen molar-refractivity contribution in [2.75, 3.05) is 4.90 Å². The maximum Gasteiger partial charge on any atom is 0.183 e. The molecule has 4 aromatic rings. The fourth-order valence-electron chi connectivity index (χ4n) is 3.62. The van der Waals surface area contributed by atoms with Gasteiger partial charge >= 0.3 is 0 Å². The number of hydrogen-bond acceptors (Lipinski definition) is 4. The summed E-state index contributed by atoms with van der Waals surface area (Å²) in [4.78, 5) is 2.38. The van der Waals surface area contributed by atoms with Crippen LogP contribution in [0.3, 0.4) is 0 Å². The highest BCUT2D eigenvalue weighted by Gasteiger charge is 2.34. The van der Waals surface area contributed by atoms with E-state index in [0.717, 1.165) is 23.7 Å². The standard InChI is InChI=1S/C21H17N5/c1-3-9-16(10-4-1)15-25-18-13-7-8-14-19(18)26-21(22-23-24-26)20(25)17-11-5-2-6-12-17/h1-14,20H,15H2. The highest BCUT2D eigenvalue weighted by molar-refractivity contribution is 5.67. The van der Waals surface area contributed by atoms with Crippen LogP contribution in [0, 0.1) is 0 Å². The highest BCUT2D eigenvalue weighted by atomic mass is 15.6. The lowest BCUT2D eigenvalue weighted by Gasteiger charge is -2.38. The van der Waals surface area contributed by atoms with E-state index in [9.17, 15) is 0 Å². The minimum absolute atomic E-state index is 0.0405. The molecule has 2 heterocycles. The highest BCUT2D eigenvalue weighted by Crippen LogP contribution is 2.41. The van der Waals surface area contributed by atoms with E-state index in [2.05, 4.69) is 87.2 Å². The minimum Gasteiger partial charge on any atom is -0.351 e. The number of nitrogens with zero attached hydrogens (tertiary/aromatic N) is 5. The first-order valence-electron chi connectivity index (χ1n) is 8.65. The molecule has 3 aromatic carbocycles. The summed E-state index contributed by atoms with van der Waals surface area (Å²) in [6.45, 7) is 0.782. The summed E-state index contributed by atoms with van der Waals surface area (Å²) in [6, 6.07) is 29.2. The molecular weight excluding hydrogens is 322 g/mol. The van der Waals surface area contributed by atoms with E-state index in [0.29, 0.717) is 0 Å². The van der Waals surface area contributed by atoms with Gasteiger partial charge in [-0.2, -0.15) is 4.68 Å². The van der Waals surface area contributed by atoms with Gasteiger partial charge in [-0.05, 0) is 33.7 Å². The third kappa shape index (κ3) is 2.37. The van der Waals surface area contributed by atoms with Crippen molar-refractivity contribution in [1.82, 2.24) is 20.2 Å². The number of para-hydroxylation sites is 2. The minimum atomic E-state index is -0.0405. The van der Waals surface area contributed by atoms with Crippen LogP contribution in [0.15, 0.2) is 84.9 Å². The third-order valence-electron chi connectivity index (χ3n) is 4.78. The molecule has 0 amide bonds. The number of hydrogen-bond donors (Lipinski definition) is 0. The lowest BCUT2D eigenvalue weighted by molar-refractivity contribution is 0.609. The van der Waals surface area contributed by atoms with Gasteiger partial charge in [0.1, 0.15) is 6.04 Å². The Morgan fingerprint density at radius 2 is 1.38 bits per heavy atom. The lowest BCUT2D eigenvalue weighted by Crippen LogP contribution is -2.35. The van der Waals surface area contributed by atoms with Crippen LogP contribution >= 0.6 is 0 Å². The van der Waals surface area contributed by atoms with Crippen molar-refractivity contribution in [3.05, 3.63) is 102 Å². The number of fused-ring (bicyclic) bond motifs is 3. The molecule has 0 saturated heterocycles. The van der Waals surface area contributed by atoms with Crippen molar-refractivity contribution in [3.8, 4) is 5.69 Å². The summed E-state index contributed by atoms with van der Waals surface area (Å²) >= 11 is 0. The van der Waals surface area contributed by atoms with Crippen LogP contribution in [0.5, 0.6) is 0 Å². The number of tetrazole rings is 1. The predicted octanol–water partition coefficient (Wildman–Crippen LogP) is 3.77. The fourth-order valence-corrected chi connectivity index (χ4v) is 3.62. The molecule has 0 bridgehead atoms. The van der Waals surface area contributed by atoms with Crippen LogP contribution in [0.25, 0.3) is 5.69 Å². The maximum atomic E-state index is 4.37. The molecular formula is C21H17N5. The fraction of sp³-hybridized carbons (Fsp3) is 0.0952. The number of rotatable bonds is 3. The van der Waals surface area contributed by atoms with Crippen molar-refractivity contribution < 1.29 is 0 Å². The molecule has 1 aliphatic rings. The van der Waals surface area contributed by atoms with Crippen molar-refractivity contribution in [2.45, 2.75) is 12.6 Å².